The Labute approximate surface area is 153 Å². The number of nitriles is 1. The van der Waals surface area contributed by atoms with Crippen molar-refractivity contribution in [3.63, 3.8) is 0 Å². The largest absolute Gasteiger partial charge is 0.495 e. The van der Waals surface area contributed by atoms with Crippen molar-refractivity contribution < 1.29 is 9.84 Å². The lowest BCUT2D eigenvalue weighted by Gasteiger charge is -2.38. The van der Waals surface area contributed by atoms with E-state index in [1.165, 1.54) is 0 Å². The number of methoxy groups -OCH3 is 1. The predicted molar refractivity (Wildman–Crippen MR) is 98.9 cm³/mol. The molecule has 6 nitrogen and oxygen atoms in total. The average molecular weight is 352 g/mol. The highest BCUT2D eigenvalue weighted by molar-refractivity contribution is 5.54. The van der Waals surface area contributed by atoms with Crippen molar-refractivity contribution in [2.24, 2.45) is 5.92 Å². The van der Waals surface area contributed by atoms with Gasteiger partial charge in [0, 0.05) is 11.9 Å². The molecule has 3 rings (SSSR count). The number of aliphatic hydroxyl groups is 1. The van der Waals surface area contributed by atoms with Gasteiger partial charge >= 0.3 is 0 Å². The zero-order valence-corrected chi connectivity index (χ0v) is 15.3. The van der Waals surface area contributed by atoms with Crippen molar-refractivity contribution in [2.45, 2.75) is 44.8 Å². The molecule has 0 aliphatic heterocycles. The van der Waals surface area contributed by atoms with Crippen LogP contribution in [0.4, 0.5) is 5.82 Å². The molecule has 1 saturated carbocycles. The predicted octanol–water partition coefficient (Wildman–Crippen LogP) is 3.40. The summed E-state index contributed by atoms with van der Waals surface area (Å²) in [6, 6.07) is 7.75. The highest BCUT2D eigenvalue weighted by Crippen LogP contribution is 2.40. The molecule has 1 fully saturated rings. The molecule has 0 radical (unpaired) electrons. The van der Waals surface area contributed by atoms with Crippen LogP contribution >= 0.6 is 0 Å². The molecule has 1 aliphatic rings. The second kappa shape index (κ2) is 7.71. The van der Waals surface area contributed by atoms with E-state index in [9.17, 15) is 10.4 Å². The summed E-state index contributed by atoms with van der Waals surface area (Å²) in [7, 11) is 1.61. The van der Waals surface area contributed by atoms with Crippen LogP contribution in [0.1, 0.15) is 55.5 Å². The molecular weight excluding hydrogens is 328 g/mol. The molecule has 0 saturated heterocycles. The van der Waals surface area contributed by atoms with Gasteiger partial charge in [-0.3, -0.25) is 4.98 Å². The van der Waals surface area contributed by atoms with Crippen molar-refractivity contribution in [2.75, 3.05) is 12.4 Å². The highest BCUT2D eigenvalue weighted by atomic mass is 16.5. The molecule has 0 spiro atoms. The van der Waals surface area contributed by atoms with Gasteiger partial charge in [-0.1, -0.05) is 13.8 Å². The van der Waals surface area contributed by atoms with Gasteiger partial charge in [-0.05, 0) is 48.4 Å². The molecule has 6 heteroatoms. The topological polar surface area (TPSA) is 91.1 Å². The lowest BCUT2D eigenvalue weighted by molar-refractivity contribution is 0.0338. The first kappa shape index (κ1) is 18.2. The summed E-state index contributed by atoms with van der Waals surface area (Å²) in [6.07, 6.45) is 4.60. The van der Waals surface area contributed by atoms with E-state index in [-0.39, 0.29) is 24.0 Å². The highest BCUT2D eigenvalue weighted by Gasteiger charge is 2.35. The van der Waals surface area contributed by atoms with Crippen LogP contribution in [0, 0.1) is 17.2 Å². The van der Waals surface area contributed by atoms with Crippen LogP contribution in [0.25, 0.3) is 0 Å². The monoisotopic (exact) mass is 352 g/mol. The Bertz CT molecular complexity index is 810. The maximum absolute atomic E-state index is 9.76. The quantitative estimate of drug-likeness (QED) is 0.828. The van der Waals surface area contributed by atoms with Gasteiger partial charge in [0.05, 0.1) is 31.0 Å². The van der Waals surface area contributed by atoms with Crippen LogP contribution in [0.15, 0.2) is 30.6 Å². The smallest absolute Gasteiger partial charge is 0.144 e. The summed E-state index contributed by atoms with van der Waals surface area (Å²) >= 11 is 0. The van der Waals surface area contributed by atoms with E-state index in [1.807, 2.05) is 12.1 Å². The second-order valence-corrected chi connectivity index (χ2v) is 7.06. The number of ether oxygens (including phenoxy) is 1. The summed E-state index contributed by atoms with van der Waals surface area (Å²) in [5.41, 5.74) is 2.40. The number of nitrogens with one attached hydrogen (secondary N) is 1. The van der Waals surface area contributed by atoms with Crippen LogP contribution in [-0.4, -0.2) is 28.3 Å². The Morgan fingerprint density at radius 3 is 2.69 bits per heavy atom. The second-order valence-electron chi connectivity index (χ2n) is 7.06. The van der Waals surface area contributed by atoms with Crippen LogP contribution in [0.2, 0.25) is 0 Å². The molecule has 0 bridgehead atoms. The standard InChI is InChI=1S/C20H24N4O2/c1-12(2)18-5-4-13(9-21)20(23-18)24-19(14-6-16(25)7-14)15-8-17(26-3)11-22-10-15/h4-5,8,10-12,14,16,19,25H,6-7H2,1-3H3,(H,23,24)/t14?,16?,19-/m0/s1. The number of aromatic nitrogens is 2. The van der Waals surface area contributed by atoms with Crippen LogP contribution < -0.4 is 10.1 Å². The van der Waals surface area contributed by atoms with Gasteiger partial charge in [0.1, 0.15) is 17.6 Å². The zero-order valence-electron chi connectivity index (χ0n) is 15.3. The molecule has 1 aliphatic carbocycles. The number of hydrogen-bond acceptors (Lipinski definition) is 6. The number of anilines is 1. The number of hydrogen-bond donors (Lipinski definition) is 2. The molecule has 2 aromatic rings. The molecule has 1 atom stereocenters. The molecule has 0 aromatic carbocycles. The Morgan fingerprint density at radius 2 is 2.08 bits per heavy atom. The third kappa shape index (κ3) is 3.78. The van der Waals surface area contributed by atoms with Crippen molar-refractivity contribution in [3.05, 3.63) is 47.4 Å². The van der Waals surface area contributed by atoms with E-state index in [0.29, 0.717) is 30.0 Å². The minimum absolute atomic E-state index is 0.0944. The third-order valence-electron chi connectivity index (χ3n) is 4.87. The number of aliphatic hydroxyl groups excluding tert-OH is 1. The van der Waals surface area contributed by atoms with Gasteiger partial charge < -0.3 is 15.2 Å². The average Bonchev–Trinajstić information content (AvgIpc) is 2.63. The third-order valence-corrected chi connectivity index (χ3v) is 4.87. The van der Waals surface area contributed by atoms with Gasteiger partial charge in [-0.2, -0.15) is 5.26 Å². The SMILES string of the molecule is COc1cncc([C@@H](Nc2nc(C(C)C)ccc2C#N)C2CC(O)C2)c1. The van der Waals surface area contributed by atoms with Gasteiger partial charge in [-0.15, -0.1) is 0 Å². The molecule has 0 amide bonds. The zero-order chi connectivity index (χ0) is 18.7. The number of nitrogens with zero attached hydrogens (tertiary/aromatic N) is 3. The van der Waals surface area contributed by atoms with Gasteiger partial charge in [0.25, 0.3) is 0 Å². The van der Waals surface area contributed by atoms with Crippen molar-refractivity contribution in [3.8, 4) is 11.8 Å². The Morgan fingerprint density at radius 1 is 1.31 bits per heavy atom. The molecule has 2 aromatic heterocycles. The lowest BCUT2D eigenvalue weighted by atomic mass is 9.75. The number of rotatable bonds is 6. The van der Waals surface area contributed by atoms with Gasteiger partial charge in [-0.25, -0.2) is 4.98 Å². The van der Waals surface area contributed by atoms with E-state index in [1.54, 1.807) is 25.6 Å². The van der Waals surface area contributed by atoms with Crippen molar-refractivity contribution >= 4 is 5.82 Å². The van der Waals surface area contributed by atoms with Crippen molar-refractivity contribution in [1.29, 1.82) is 5.26 Å². The Balaban J connectivity index is 1.96. The minimum atomic E-state index is -0.270. The van der Waals surface area contributed by atoms with E-state index in [2.05, 4.69) is 35.2 Å². The summed E-state index contributed by atoms with van der Waals surface area (Å²) in [4.78, 5) is 8.92. The van der Waals surface area contributed by atoms with E-state index >= 15 is 0 Å². The molecule has 2 heterocycles. The lowest BCUT2D eigenvalue weighted by Crippen LogP contribution is -2.36. The summed E-state index contributed by atoms with van der Waals surface area (Å²) in [5, 5.41) is 22.7. The Kier molecular flexibility index (Phi) is 5.38. The molecule has 2 N–H and O–H groups in total. The minimum Gasteiger partial charge on any atom is -0.495 e. The fraction of sp³-hybridized carbons (Fsp3) is 0.450. The van der Waals surface area contributed by atoms with E-state index in [4.69, 9.17) is 4.74 Å². The van der Waals surface area contributed by atoms with Crippen molar-refractivity contribution in [1.82, 2.24) is 9.97 Å². The molecular formula is C20H24N4O2. The first-order valence-electron chi connectivity index (χ1n) is 8.86. The van der Waals surface area contributed by atoms with Gasteiger partial charge in [0.15, 0.2) is 0 Å². The fourth-order valence-electron chi connectivity index (χ4n) is 3.24. The fourth-order valence-corrected chi connectivity index (χ4v) is 3.24. The normalized spacial score (nSPS) is 20.2. The summed E-state index contributed by atoms with van der Waals surface area (Å²) in [6.45, 7) is 4.15. The maximum atomic E-state index is 9.76. The molecule has 136 valence electrons. The van der Waals surface area contributed by atoms with Crippen LogP contribution in [0.3, 0.4) is 0 Å². The Hall–Kier alpha value is -2.65. The summed E-state index contributed by atoms with van der Waals surface area (Å²) in [5.74, 6) is 1.77. The first-order valence-corrected chi connectivity index (χ1v) is 8.86. The maximum Gasteiger partial charge on any atom is 0.144 e. The summed E-state index contributed by atoms with van der Waals surface area (Å²) < 4.78 is 5.30. The van der Waals surface area contributed by atoms with Crippen LogP contribution in [0.5, 0.6) is 5.75 Å². The van der Waals surface area contributed by atoms with E-state index in [0.717, 1.165) is 11.3 Å². The number of pyridine rings is 2. The van der Waals surface area contributed by atoms with Crippen LogP contribution in [-0.2, 0) is 0 Å². The molecule has 26 heavy (non-hydrogen) atoms. The van der Waals surface area contributed by atoms with E-state index < -0.39 is 0 Å². The van der Waals surface area contributed by atoms with Gasteiger partial charge in [0.2, 0.25) is 0 Å². The molecule has 0 unspecified atom stereocenters. The first-order chi connectivity index (χ1) is 12.5.